The summed E-state index contributed by atoms with van der Waals surface area (Å²) in [5.74, 6) is 0.793. The topological polar surface area (TPSA) is 50.7 Å². The largest absolute Gasteiger partial charge is 0.496 e. The highest BCUT2D eigenvalue weighted by Crippen LogP contribution is 2.23. The quantitative estimate of drug-likeness (QED) is 0.854. The van der Waals surface area contributed by atoms with Gasteiger partial charge in [-0.05, 0) is 18.2 Å². The van der Waals surface area contributed by atoms with E-state index >= 15 is 0 Å². The molecular weight excluding hydrogens is 254 g/mol. The van der Waals surface area contributed by atoms with E-state index in [0.29, 0.717) is 37.7 Å². The first-order valence-electron chi connectivity index (χ1n) is 5.96. The van der Waals surface area contributed by atoms with Crippen LogP contribution in [0.5, 0.6) is 5.75 Å². The second kappa shape index (κ2) is 5.89. The maximum absolute atomic E-state index is 10.1. The minimum atomic E-state index is -0.744. The monoisotopic (exact) mass is 271 g/mol. The smallest absolute Gasteiger partial charge is 0.123 e. The molecular formula is C13H18ClNO3. The number of aliphatic hydroxyl groups is 1. The average molecular weight is 272 g/mol. The normalized spacial score (nSPS) is 23.3. The van der Waals surface area contributed by atoms with Crippen LogP contribution >= 0.6 is 11.6 Å². The van der Waals surface area contributed by atoms with Crippen LogP contribution in [-0.4, -0.2) is 37.6 Å². The molecule has 0 radical (unpaired) electrons. The third-order valence-electron chi connectivity index (χ3n) is 3.09. The molecule has 0 aliphatic carbocycles. The van der Waals surface area contributed by atoms with E-state index in [9.17, 15) is 5.11 Å². The molecule has 1 unspecified atom stereocenters. The summed E-state index contributed by atoms with van der Waals surface area (Å²) in [6.07, 6.45) is 0.673. The van der Waals surface area contributed by atoms with Gasteiger partial charge in [0.1, 0.15) is 11.4 Å². The van der Waals surface area contributed by atoms with Crippen molar-refractivity contribution in [2.75, 3.05) is 26.9 Å². The van der Waals surface area contributed by atoms with Crippen LogP contribution in [0.3, 0.4) is 0 Å². The van der Waals surface area contributed by atoms with E-state index in [2.05, 4.69) is 5.32 Å². The Kier molecular flexibility index (Phi) is 4.45. The molecule has 1 atom stereocenters. The van der Waals surface area contributed by atoms with Gasteiger partial charge in [0.25, 0.3) is 0 Å². The molecule has 4 nitrogen and oxygen atoms in total. The summed E-state index contributed by atoms with van der Waals surface area (Å²) in [5, 5.41) is 14.0. The van der Waals surface area contributed by atoms with E-state index in [-0.39, 0.29) is 0 Å². The van der Waals surface area contributed by atoms with E-state index < -0.39 is 5.60 Å². The van der Waals surface area contributed by atoms with Crippen molar-refractivity contribution in [2.24, 2.45) is 0 Å². The number of methoxy groups -OCH3 is 1. The fraction of sp³-hybridized carbons (Fsp3) is 0.538. The van der Waals surface area contributed by atoms with Crippen LogP contribution in [0.2, 0.25) is 5.02 Å². The van der Waals surface area contributed by atoms with Crippen molar-refractivity contribution in [3.8, 4) is 5.75 Å². The summed E-state index contributed by atoms with van der Waals surface area (Å²) in [4.78, 5) is 0. The van der Waals surface area contributed by atoms with Crippen LogP contribution in [-0.2, 0) is 11.3 Å². The van der Waals surface area contributed by atoms with E-state index in [1.54, 1.807) is 13.2 Å². The van der Waals surface area contributed by atoms with Crippen molar-refractivity contribution in [3.05, 3.63) is 28.8 Å². The van der Waals surface area contributed by atoms with Crippen LogP contribution in [0.1, 0.15) is 12.0 Å². The van der Waals surface area contributed by atoms with Gasteiger partial charge < -0.3 is 19.9 Å². The molecule has 0 saturated carbocycles. The van der Waals surface area contributed by atoms with Crippen molar-refractivity contribution in [2.45, 2.75) is 18.6 Å². The highest BCUT2D eigenvalue weighted by Gasteiger charge is 2.31. The average Bonchev–Trinajstić information content (AvgIpc) is 2.77. The summed E-state index contributed by atoms with van der Waals surface area (Å²) >= 11 is 5.95. The lowest BCUT2D eigenvalue weighted by Crippen LogP contribution is -2.40. The summed E-state index contributed by atoms with van der Waals surface area (Å²) in [5.41, 5.74) is 0.235. The zero-order valence-electron chi connectivity index (χ0n) is 10.4. The molecule has 1 aromatic carbocycles. The second-order valence-corrected chi connectivity index (χ2v) is 5.02. The molecule has 1 aliphatic rings. The Labute approximate surface area is 112 Å². The first-order valence-corrected chi connectivity index (χ1v) is 6.34. The third kappa shape index (κ3) is 3.36. The number of rotatable bonds is 5. The molecule has 100 valence electrons. The Morgan fingerprint density at radius 1 is 1.56 bits per heavy atom. The zero-order chi connectivity index (χ0) is 13.0. The number of nitrogens with one attached hydrogen (secondary N) is 1. The van der Waals surface area contributed by atoms with Crippen LogP contribution in [0.4, 0.5) is 0 Å². The number of hydrogen-bond donors (Lipinski definition) is 2. The van der Waals surface area contributed by atoms with Crippen molar-refractivity contribution < 1.29 is 14.6 Å². The molecule has 2 N–H and O–H groups in total. The van der Waals surface area contributed by atoms with Crippen molar-refractivity contribution >= 4 is 11.6 Å². The van der Waals surface area contributed by atoms with Crippen molar-refractivity contribution in [3.63, 3.8) is 0 Å². The van der Waals surface area contributed by atoms with Gasteiger partial charge in [0.2, 0.25) is 0 Å². The van der Waals surface area contributed by atoms with Gasteiger partial charge in [-0.3, -0.25) is 0 Å². The first kappa shape index (κ1) is 13.6. The molecule has 1 saturated heterocycles. The predicted molar refractivity (Wildman–Crippen MR) is 70.1 cm³/mol. The van der Waals surface area contributed by atoms with Gasteiger partial charge >= 0.3 is 0 Å². The predicted octanol–water partition coefficient (Wildman–Crippen LogP) is 1.59. The number of hydrogen-bond acceptors (Lipinski definition) is 4. The van der Waals surface area contributed by atoms with E-state index in [1.807, 2.05) is 12.1 Å². The fourth-order valence-electron chi connectivity index (χ4n) is 2.05. The standard InChI is InChI=1S/C13H18ClNO3/c1-17-12-3-2-11(14)6-10(12)7-15-8-13(16)4-5-18-9-13/h2-3,6,15-16H,4-5,7-9H2,1H3. The van der Waals surface area contributed by atoms with Crippen molar-refractivity contribution in [1.29, 1.82) is 0 Å². The fourth-order valence-corrected chi connectivity index (χ4v) is 2.25. The Bertz CT molecular complexity index is 405. The Morgan fingerprint density at radius 3 is 3.06 bits per heavy atom. The van der Waals surface area contributed by atoms with Crippen LogP contribution in [0, 0.1) is 0 Å². The minimum Gasteiger partial charge on any atom is -0.496 e. The van der Waals surface area contributed by atoms with Gasteiger partial charge in [-0.25, -0.2) is 0 Å². The third-order valence-corrected chi connectivity index (χ3v) is 3.33. The van der Waals surface area contributed by atoms with Gasteiger partial charge in [-0.15, -0.1) is 0 Å². The zero-order valence-corrected chi connectivity index (χ0v) is 11.2. The Hall–Kier alpha value is -0.810. The first-order chi connectivity index (χ1) is 8.63. The maximum atomic E-state index is 10.1. The second-order valence-electron chi connectivity index (χ2n) is 4.59. The van der Waals surface area contributed by atoms with E-state index in [4.69, 9.17) is 21.1 Å². The number of halogens is 1. The Morgan fingerprint density at radius 2 is 2.39 bits per heavy atom. The summed E-state index contributed by atoms with van der Waals surface area (Å²) in [7, 11) is 1.63. The molecule has 0 bridgehead atoms. The van der Waals surface area contributed by atoms with Crippen LogP contribution in [0.25, 0.3) is 0 Å². The number of benzene rings is 1. The molecule has 1 aliphatic heterocycles. The lowest BCUT2D eigenvalue weighted by molar-refractivity contribution is 0.0268. The van der Waals surface area contributed by atoms with Crippen LogP contribution in [0.15, 0.2) is 18.2 Å². The summed E-state index contributed by atoms with van der Waals surface area (Å²) in [6.45, 7) is 2.13. The van der Waals surface area contributed by atoms with E-state index in [0.717, 1.165) is 11.3 Å². The highest BCUT2D eigenvalue weighted by atomic mass is 35.5. The lowest BCUT2D eigenvalue weighted by Gasteiger charge is -2.21. The van der Waals surface area contributed by atoms with Crippen molar-refractivity contribution in [1.82, 2.24) is 5.32 Å². The maximum Gasteiger partial charge on any atom is 0.123 e. The summed E-state index contributed by atoms with van der Waals surface area (Å²) < 4.78 is 10.5. The summed E-state index contributed by atoms with van der Waals surface area (Å²) in [6, 6.07) is 5.50. The molecule has 1 heterocycles. The van der Waals surface area contributed by atoms with E-state index in [1.165, 1.54) is 0 Å². The highest BCUT2D eigenvalue weighted by molar-refractivity contribution is 6.30. The molecule has 18 heavy (non-hydrogen) atoms. The van der Waals surface area contributed by atoms with Crippen LogP contribution < -0.4 is 10.1 Å². The van der Waals surface area contributed by atoms with Gasteiger partial charge in [0.05, 0.1) is 13.7 Å². The molecule has 0 aromatic heterocycles. The van der Waals surface area contributed by atoms with Gasteiger partial charge in [0.15, 0.2) is 0 Å². The molecule has 5 heteroatoms. The van der Waals surface area contributed by atoms with Gasteiger partial charge in [-0.1, -0.05) is 11.6 Å². The Balaban J connectivity index is 1.91. The molecule has 2 rings (SSSR count). The molecule has 1 fully saturated rings. The van der Waals surface area contributed by atoms with Gasteiger partial charge in [0, 0.05) is 36.7 Å². The molecule has 1 aromatic rings. The molecule has 0 spiro atoms. The minimum absolute atomic E-state index is 0.396. The SMILES string of the molecule is COc1ccc(Cl)cc1CNCC1(O)CCOC1. The molecule has 0 amide bonds. The lowest BCUT2D eigenvalue weighted by atomic mass is 10.0. The van der Waals surface area contributed by atoms with Gasteiger partial charge in [-0.2, -0.15) is 0 Å². The number of ether oxygens (including phenoxy) is 2.